The molecule has 0 aliphatic carbocycles. The van der Waals surface area contributed by atoms with Crippen LogP contribution in [-0.2, 0) is 13.6 Å². The Kier molecular flexibility index (Phi) is 9.48. The lowest BCUT2D eigenvalue weighted by Crippen LogP contribution is -2.40. The quantitative estimate of drug-likeness (QED) is 0.264. The fourth-order valence-electron chi connectivity index (χ4n) is 3.18. The van der Waals surface area contributed by atoms with Crippen molar-refractivity contribution < 1.29 is 0 Å². The normalized spacial score (nSPS) is 13.3. The largest absolute Gasteiger partial charge is 0.356 e. The smallest absolute Gasteiger partial charge is 0.192 e. The Bertz CT molecular complexity index is 965. The van der Waals surface area contributed by atoms with Crippen molar-refractivity contribution in [2.75, 3.05) is 6.54 Å². The molecule has 6 nitrogen and oxygen atoms in total. The van der Waals surface area contributed by atoms with Crippen molar-refractivity contribution in [3.63, 3.8) is 0 Å². The molecule has 0 aliphatic heterocycles. The first-order chi connectivity index (χ1) is 14.4. The van der Waals surface area contributed by atoms with Gasteiger partial charge in [0.25, 0.3) is 0 Å². The number of nitrogens with zero attached hydrogens (tertiary/aromatic N) is 4. The van der Waals surface area contributed by atoms with Crippen molar-refractivity contribution in [3.05, 3.63) is 82.9 Å². The molecule has 0 saturated carbocycles. The average molecular weight is 532 g/mol. The Morgan fingerprint density at radius 1 is 0.968 bits per heavy atom. The van der Waals surface area contributed by atoms with E-state index in [1.807, 2.05) is 24.6 Å². The monoisotopic (exact) mass is 532 g/mol. The van der Waals surface area contributed by atoms with Crippen molar-refractivity contribution in [1.82, 2.24) is 25.4 Å². The molecule has 1 heterocycles. The molecule has 0 fully saturated rings. The van der Waals surface area contributed by atoms with E-state index in [-0.39, 0.29) is 30.0 Å². The van der Waals surface area contributed by atoms with Gasteiger partial charge in [-0.15, -0.1) is 34.2 Å². The summed E-state index contributed by atoms with van der Waals surface area (Å²) in [5.41, 5.74) is 3.80. The Hall–Kier alpha value is -2.42. The second-order valence-electron chi connectivity index (χ2n) is 7.86. The van der Waals surface area contributed by atoms with E-state index in [0.717, 1.165) is 24.2 Å². The van der Waals surface area contributed by atoms with Gasteiger partial charge in [0.2, 0.25) is 0 Å². The van der Waals surface area contributed by atoms with E-state index in [4.69, 9.17) is 4.99 Å². The molecule has 0 spiro atoms. The number of guanidine groups is 1. The zero-order valence-electron chi connectivity index (χ0n) is 19.0. The van der Waals surface area contributed by atoms with E-state index in [2.05, 4.69) is 90.1 Å². The van der Waals surface area contributed by atoms with Gasteiger partial charge in [0.1, 0.15) is 12.4 Å². The molecule has 3 rings (SSSR count). The Morgan fingerprint density at radius 3 is 2.26 bits per heavy atom. The van der Waals surface area contributed by atoms with E-state index >= 15 is 0 Å². The number of hydrogen-bond donors (Lipinski definition) is 2. The highest BCUT2D eigenvalue weighted by molar-refractivity contribution is 14.0. The van der Waals surface area contributed by atoms with Gasteiger partial charge in [-0.2, -0.15) is 0 Å². The number of hydrogen-bond acceptors (Lipinski definition) is 3. The third-order valence-corrected chi connectivity index (χ3v) is 5.44. The van der Waals surface area contributed by atoms with Crippen molar-refractivity contribution in [1.29, 1.82) is 0 Å². The summed E-state index contributed by atoms with van der Waals surface area (Å²) < 4.78 is 1.97. The zero-order chi connectivity index (χ0) is 21.5. The number of halogens is 1. The Labute approximate surface area is 202 Å². The molecule has 0 aliphatic rings. The minimum atomic E-state index is 0. The predicted octanol–water partition coefficient (Wildman–Crippen LogP) is 4.65. The molecular weight excluding hydrogens is 499 g/mol. The van der Waals surface area contributed by atoms with Crippen molar-refractivity contribution in [3.8, 4) is 0 Å². The van der Waals surface area contributed by atoms with Gasteiger partial charge in [-0.25, -0.2) is 4.99 Å². The van der Waals surface area contributed by atoms with Crippen LogP contribution in [0.1, 0.15) is 54.1 Å². The summed E-state index contributed by atoms with van der Waals surface area (Å²) in [4.78, 5) is 4.78. The third-order valence-electron chi connectivity index (χ3n) is 5.44. The number of benzene rings is 2. The van der Waals surface area contributed by atoms with Crippen molar-refractivity contribution in [2.45, 2.75) is 46.2 Å². The number of aryl methyl sites for hydroxylation is 2. The molecule has 3 aromatic rings. The lowest BCUT2D eigenvalue weighted by molar-refractivity contribution is 0.651. The van der Waals surface area contributed by atoms with Gasteiger partial charge in [-0.1, -0.05) is 67.1 Å². The zero-order valence-corrected chi connectivity index (χ0v) is 21.3. The molecule has 2 unspecified atom stereocenters. The second-order valence-corrected chi connectivity index (χ2v) is 7.86. The molecule has 0 saturated heterocycles. The van der Waals surface area contributed by atoms with Crippen LogP contribution in [0.25, 0.3) is 0 Å². The number of aromatic nitrogens is 3. The first-order valence-corrected chi connectivity index (χ1v) is 10.4. The molecule has 2 aromatic carbocycles. The molecule has 2 atom stereocenters. The van der Waals surface area contributed by atoms with Gasteiger partial charge in [0, 0.05) is 13.6 Å². The summed E-state index contributed by atoms with van der Waals surface area (Å²) in [6, 6.07) is 19.2. The van der Waals surface area contributed by atoms with Crippen molar-refractivity contribution in [2.24, 2.45) is 12.0 Å². The van der Waals surface area contributed by atoms with Crippen molar-refractivity contribution >= 4 is 29.9 Å². The van der Waals surface area contributed by atoms with Gasteiger partial charge in [-0.05, 0) is 37.8 Å². The molecule has 31 heavy (non-hydrogen) atoms. The molecule has 1 aromatic heterocycles. The molecule has 0 radical (unpaired) electrons. The summed E-state index contributed by atoms with van der Waals surface area (Å²) >= 11 is 0. The van der Waals surface area contributed by atoms with Crippen LogP contribution in [-0.4, -0.2) is 27.3 Å². The van der Waals surface area contributed by atoms with E-state index in [9.17, 15) is 0 Å². The van der Waals surface area contributed by atoms with Gasteiger partial charge < -0.3 is 15.2 Å². The summed E-state index contributed by atoms with van der Waals surface area (Å²) in [6.07, 6.45) is 0. The van der Waals surface area contributed by atoms with Gasteiger partial charge in [0.15, 0.2) is 11.8 Å². The van der Waals surface area contributed by atoms with Crippen LogP contribution < -0.4 is 10.6 Å². The van der Waals surface area contributed by atoms with Crippen LogP contribution in [0.2, 0.25) is 0 Å². The minimum absolute atomic E-state index is 0. The van der Waals surface area contributed by atoms with Crippen LogP contribution in [0.5, 0.6) is 0 Å². The molecular formula is C24H33IN6. The fraction of sp³-hybridized carbons (Fsp3) is 0.375. The SMILES string of the molecule is Cc1ccc(C(C)CNC(=NCc2nnc(C)n2C)NC(C)c2ccccc2)cc1.I. The van der Waals surface area contributed by atoms with Crippen LogP contribution in [0.4, 0.5) is 0 Å². The highest BCUT2D eigenvalue weighted by Crippen LogP contribution is 2.15. The summed E-state index contributed by atoms with van der Waals surface area (Å²) in [5.74, 6) is 2.86. The molecule has 0 bridgehead atoms. The van der Waals surface area contributed by atoms with Gasteiger partial charge in [-0.3, -0.25) is 0 Å². The van der Waals surface area contributed by atoms with Crippen LogP contribution in [0.15, 0.2) is 59.6 Å². The maximum atomic E-state index is 4.78. The summed E-state index contributed by atoms with van der Waals surface area (Å²) in [5, 5.41) is 15.4. The lowest BCUT2D eigenvalue weighted by Gasteiger charge is -2.21. The summed E-state index contributed by atoms with van der Waals surface area (Å²) in [6.45, 7) is 9.67. The molecule has 0 amide bonds. The highest BCUT2D eigenvalue weighted by Gasteiger charge is 2.12. The van der Waals surface area contributed by atoms with E-state index in [1.165, 1.54) is 16.7 Å². The average Bonchev–Trinajstić information content (AvgIpc) is 3.08. The van der Waals surface area contributed by atoms with Crippen LogP contribution >= 0.6 is 24.0 Å². The molecule has 166 valence electrons. The molecule has 2 N–H and O–H groups in total. The van der Waals surface area contributed by atoms with E-state index in [0.29, 0.717) is 12.5 Å². The summed E-state index contributed by atoms with van der Waals surface area (Å²) in [7, 11) is 1.97. The second kappa shape index (κ2) is 11.8. The predicted molar refractivity (Wildman–Crippen MR) is 138 cm³/mol. The van der Waals surface area contributed by atoms with Crippen LogP contribution in [0, 0.1) is 13.8 Å². The fourth-order valence-corrected chi connectivity index (χ4v) is 3.18. The highest BCUT2D eigenvalue weighted by atomic mass is 127. The van der Waals surface area contributed by atoms with Gasteiger partial charge >= 0.3 is 0 Å². The van der Waals surface area contributed by atoms with Crippen LogP contribution in [0.3, 0.4) is 0 Å². The standard InChI is InChI=1S/C24H32N6.HI/c1-17-11-13-21(14-12-17)18(2)15-25-24(26-16-23-29-28-20(4)30(23)5)27-19(3)22-9-7-6-8-10-22;/h6-14,18-19H,15-16H2,1-5H3,(H2,25,26,27);1H. The number of nitrogens with one attached hydrogen (secondary N) is 2. The third kappa shape index (κ3) is 7.05. The lowest BCUT2D eigenvalue weighted by atomic mass is 10.0. The van der Waals surface area contributed by atoms with E-state index in [1.54, 1.807) is 0 Å². The molecule has 7 heteroatoms. The van der Waals surface area contributed by atoms with Gasteiger partial charge in [0.05, 0.1) is 6.04 Å². The Balaban J connectivity index is 0.00000341. The topological polar surface area (TPSA) is 67.1 Å². The first-order valence-electron chi connectivity index (χ1n) is 10.4. The first kappa shape index (κ1) is 24.8. The van der Waals surface area contributed by atoms with E-state index < -0.39 is 0 Å². The minimum Gasteiger partial charge on any atom is -0.356 e. The number of rotatable bonds is 7. The maximum absolute atomic E-state index is 4.78. The maximum Gasteiger partial charge on any atom is 0.192 e. The number of aliphatic imine (C=N–C) groups is 1. The Morgan fingerprint density at radius 2 is 1.65 bits per heavy atom.